The summed E-state index contributed by atoms with van der Waals surface area (Å²) in [6.07, 6.45) is 2.20. The van der Waals surface area contributed by atoms with Crippen molar-refractivity contribution in [1.82, 2.24) is 10.2 Å². The van der Waals surface area contributed by atoms with Gasteiger partial charge in [0.15, 0.2) is 5.54 Å². The molecule has 0 aromatic heterocycles. The number of aryl methyl sites for hydroxylation is 2. The number of likely N-dealkylation sites (N-methyl/N-ethyl adjacent to an activating group) is 1. The number of imide groups is 1. The number of nitrogens with one attached hydrogen (secondary N) is 1. The van der Waals surface area contributed by atoms with Crippen LogP contribution in [0.5, 0.6) is 0 Å². The van der Waals surface area contributed by atoms with Crippen LogP contribution in [0.25, 0.3) is 0 Å². The molecule has 1 aromatic carbocycles. The van der Waals surface area contributed by atoms with E-state index in [9.17, 15) is 22.8 Å². The Bertz CT molecular complexity index is 1020. The van der Waals surface area contributed by atoms with Crippen molar-refractivity contribution in [3.05, 3.63) is 58.7 Å². The molecule has 2 fully saturated rings. The molecule has 8 heteroatoms. The second-order valence-corrected chi connectivity index (χ2v) is 9.28. The van der Waals surface area contributed by atoms with Crippen LogP contribution < -0.4 is 5.32 Å². The fourth-order valence-corrected chi connectivity index (χ4v) is 6.02. The fraction of sp³-hybridized carbons (Fsp3) is 0.500. The topological polar surface area (TPSA) is 58.6 Å². The summed E-state index contributed by atoms with van der Waals surface area (Å²) in [5, 5.41) is 2.99. The Morgan fingerprint density at radius 2 is 1.81 bits per heavy atom. The molecule has 2 spiro atoms. The van der Waals surface area contributed by atoms with Gasteiger partial charge in [-0.15, -0.1) is 0 Å². The number of nitrogens with zero attached hydrogens (tertiary/aromatic N) is 1. The maximum absolute atomic E-state index is 13.6. The number of urea groups is 1. The van der Waals surface area contributed by atoms with Crippen molar-refractivity contribution in [2.75, 3.05) is 13.7 Å². The van der Waals surface area contributed by atoms with Gasteiger partial charge >= 0.3 is 12.2 Å². The highest BCUT2D eigenvalue weighted by atomic mass is 19.4. The van der Waals surface area contributed by atoms with Crippen LogP contribution in [0.4, 0.5) is 18.0 Å². The molecule has 2 unspecified atom stereocenters. The predicted octanol–water partition coefficient (Wildman–Crippen LogP) is 4.08. The molecule has 1 aliphatic heterocycles. The molecule has 2 atom stereocenters. The highest BCUT2D eigenvalue weighted by Gasteiger charge is 2.68. The zero-order valence-corrected chi connectivity index (χ0v) is 17.8. The highest BCUT2D eigenvalue weighted by molar-refractivity contribution is 6.11. The average molecular weight is 446 g/mol. The lowest BCUT2D eigenvalue weighted by Gasteiger charge is -2.41. The number of ether oxygens (including phenoxy) is 1. The summed E-state index contributed by atoms with van der Waals surface area (Å²) in [6.45, 7) is -1.35. The Morgan fingerprint density at radius 3 is 2.38 bits per heavy atom. The highest BCUT2D eigenvalue weighted by Crippen LogP contribution is 2.61. The van der Waals surface area contributed by atoms with Gasteiger partial charge in [0.1, 0.15) is 6.61 Å². The van der Waals surface area contributed by atoms with E-state index >= 15 is 0 Å². The number of rotatable bonds is 2. The van der Waals surface area contributed by atoms with Gasteiger partial charge in [-0.05, 0) is 66.9 Å². The molecule has 5 nitrogen and oxygen atoms in total. The van der Waals surface area contributed by atoms with Crippen LogP contribution in [-0.4, -0.2) is 48.3 Å². The van der Waals surface area contributed by atoms with E-state index in [-0.39, 0.29) is 5.91 Å². The monoisotopic (exact) mass is 446 g/mol. The summed E-state index contributed by atoms with van der Waals surface area (Å²) >= 11 is 0. The summed E-state index contributed by atoms with van der Waals surface area (Å²) in [7, 11) is 1.45. The lowest BCUT2D eigenvalue weighted by Crippen LogP contribution is -2.58. The van der Waals surface area contributed by atoms with Gasteiger partial charge in [0, 0.05) is 12.5 Å². The van der Waals surface area contributed by atoms with Crippen LogP contribution in [-0.2, 0) is 22.4 Å². The van der Waals surface area contributed by atoms with Gasteiger partial charge in [-0.3, -0.25) is 9.69 Å². The first-order chi connectivity index (χ1) is 15.2. The third-order valence-corrected chi connectivity index (χ3v) is 7.57. The van der Waals surface area contributed by atoms with E-state index in [0.717, 1.165) is 23.3 Å². The van der Waals surface area contributed by atoms with E-state index in [1.165, 1.54) is 18.2 Å². The van der Waals surface area contributed by atoms with Crippen LogP contribution in [0.1, 0.15) is 36.8 Å². The van der Waals surface area contributed by atoms with E-state index in [1.807, 2.05) is 18.2 Å². The Hall–Kier alpha value is -2.61. The van der Waals surface area contributed by atoms with Crippen LogP contribution in [0.15, 0.2) is 47.6 Å². The van der Waals surface area contributed by atoms with Gasteiger partial charge < -0.3 is 10.1 Å². The number of amides is 3. The van der Waals surface area contributed by atoms with E-state index in [2.05, 4.69) is 17.4 Å². The first-order valence-electron chi connectivity index (χ1n) is 10.9. The zero-order valence-electron chi connectivity index (χ0n) is 17.8. The average Bonchev–Trinajstić information content (AvgIpc) is 3.05. The predicted molar refractivity (Wildman–Crippen MR) is 111 cm³/mol. The third kappa shape index (κ3) is 3.10. The second-order valence-electron chi connectivity index (χ2n) is 9.28. The summed E-state index contributed by atoms with van der Waals surface area (Å²) in [5.41, 5.74) is 2.23. The van der Waals surface area contributed by atoms with E-state index in [4.69, 9.17) is 4.74 Å². The maximum atomic E-state index is 13.6. The van der Waals surface area contributed by atoms with Gasteiger partial charge in [0.05, 0.1) is 6.10 Å². The number of halogens is 3. The van der Waals surface area contributed by atoms with Crippen molar-refractivity contribution in [3.63, 3.8) is 0 Å². The van der Waals surface area contributed by atoms with E-state index < -0.39 is 35.9 Å². The Kier molecular flexibility index (Phi) is 4.78. The minimum atomic E-state index is -4.43. The van der Waals surface area contributed by atoms with Crippen LogP contribution >= 0.6 is 0 Å². The molecule has 3 aliphatic carbocycles. The molecule has 170 valence electrons. The first-order valence-corrected chi connectivity index (χ1v) is 10.9. The fourth-order valence-electron chi connectivity index (χ4n) is 6.02. The van der Waals surface area contributed by atoms with Gasteiger partial charge in [0.2, 0.25) is 0 Å². The molecule has 4 aliphatic rings. The minimum absolute atomic E-state index is 0.319. The number of alkyl halides is 3. The standard InChI is InChI=1S/C24H25F3N2O3/c1-29-20(30)24(28-21(29)31)19-12-18(32-14-23(25,26)27)7-6-17(19)13-22(24)10-8-15-4-2-3-5-16(15)9-11-22/h2-6,12,18H,7-11,13-14H2,1H3,(H,28,31). The van der Waals surface area contributed by atoms with Crippen molar-refractivity contribution in [2.24, 2.45) is 5.41 Å². The summed E-state index contributed by atoms with van der Waals surface area (Å²) in [4.78, 5) is 27.4. The van der Waals surface area contributed by atoms with E-state index in [0.29, 0.717) is 31.3 Å². The van der Waals surface area contributed by atoms with Crippen LogP contribution in [0.2, 0.25) is 0 Å². The summed E-state index contributed by atoms with van der Waals surface area (Å²) in [6, 6.07) is 7.74. The van der Waals surface area contributed by atoms with E-state index in [1.54, 1.807) is 6.08 Å². The summed E-state index contributed by atoms with van der Waals surface area (Å²) < 4.78 is 43.3. The molecule has 0 radical (unpaired) electrons. The Labute approximate surface area is 184 Å². The molecule has 1 saturated heterocycles. The number of carbonyl (C=O) groups excluding carboxylic acids is 2. The molecule has 32 heavy (non-hydrogen) atoms. The molecule has 5 rings (SSSR count). The number of fused-ring (bicyclic) bond motifs is 4. The molecular formula is C24H25F3N2O3. The van der Waals surface area contributed by atoms with Crippen LogP contribution in [0.3, 0.4) is 0 Å². The molecule has 3 amide bonds. The smallest absolute Gasteiger partial charge is 0.364 e. The van der Waals surface area contributed by atoms with Gasteiger partial charge in [0.25, 0.3) is 5.91 Å². The maximum Gasteiger partial charge on any atom is 0.411 e. The lowest BCUT2D eigenvalue weighted by atomic mass is 9.65. The molecule has 1 heterocycles. The Balaban J connectivity index is 1.56. The zero-order chi connectivity index (χ0) is 22.7. The summed E-state index contributed by atoms with van der Waals surface area (Å²) in [5.74, 6) is -0.334. The van der Waals surface area contributed by atoms with Gasteiger partial charge in [-0.1, -0.05) is 30.3 Å². The first kappa shape index (κ1) is 21.2. The Morgan fingerprint density at radius 1 is 1.16 bits per heavy atom. The van der Waals surface area contributed by atoms with Crippen molar-refractivity contribution in [3.8, 4) is 0 Å². The number of hydrogen-bond acceptors (Lipinski definition) is 3. The molecular weight excluding hydrogens is 421 g/mol. The molecule has 1 N–H and O–H groups in total. The van der Waals surface area contributed by atoms with Gasteiger partial charge in [-0.25, -0.2) is 4.79 Å². The minimum Gasteiger partial charge on any atom is -0.364 e. The largest absolute Gasteiger partial charge is 0.411 e. The second kappa shape index (κ2) is 7.20. The van der Waals surface area contributed by atoms with Crippen molar-refractivity contribution >= 4 is 11.9 Å². The van der Waals surface area contributed by atoms with Crippen molar-refractivity contribution in [2.45, 2.75) is 56.3 Å². The van der Waals surface area contributed by atoms with Gasteiger partial charge in [-0.2, -0.15) is 13.2 Å². The SMILES string of the molecule is CN1C(=O)NC2(C1=O)C1=CC(OCC(F)(F)F)CC=C1CC21CCc2ccccc2CC1. The normalized spacial score (nSPS) is 28.9. The molecule has 0 bridgehead atoms. The number of hydrogen-bond donors (Lipinski definition) is 1. The quantitative estimate of drug-likeness (QED) is 0.697. The lowest BCUT2D eigenvalue weighted by molar-refractivity contribution is -0.180. The third-order valence-electron chi connectivity index (χ3n) is 7.57. The number of carbonyl (C=O) groups is 2. The number of benzene rings is 1. The molecule has 1 aromatic rings. The van der Waals surface area contributed by atoms with Crippen molar-refractivity contribution in [1.29, 1.82) is 0 Å². The van der Waals surface area contributed by atoms with Crippen molar-refractivity contribution < 1.29 is 27.5 Å². The van der Waals surface area contributed by atoms with Crippen LogP contribution in [0, 0.1) is 5.41 Å². The molecule has 1 saturated carbocycles.